The molecule has 2 aromatic heterocycles. The number of terminal acetylenes is 1. The van der Waals surface area contributed by atoms with Crippen molar-refractivity contribution in [1.29, 1.82) is 0 Å². The summed E-state index contributed by atoms with van der Waals surface area (Å²) in [4.78, 5) is 19.5. The Morgan fingerprint density at radius 2 is 1.89 bits per heavy atom. The molecule has 46 heavy (non-hydrogen) atoms. The van der Waals surface area contributed by atoms with Crippen molar-refractivity contribution in [3.63, 3.8) is 0 Å². The Bertz CT molecular complexity index is 1880. The van der Waals surface area contributed by atoms with Gasteiger partial charge in [0.2, 0.25) is 0 Å². The second kappa shape index (κ2) is 11.5. The van der Waals surface area contributed by atoms with Crippen LogP contribution in [0.4, 0.5) is 14.6 Å². The van der Waals surface area contributed by atoms with Crippen LogP contribution < -0.4 is 15.0 Å². The number of aromatic hydroxyl groups is 1. The van der Waals surface area contributed by atoms with E-state index in [-0.39, 0.29) is 22.7 Å². The van der Waals surface area contributed by atoms with Crippen molar-refractivity contribution in [2.75, 3.05) is 50.5 Å². The Morgan fingerprint density at radius 1 is 1.09 bits per heavy atom. The van der Waals surface area contributed by atoms with Crippen LogP contribution in [-0.4, -0.2) is 88.8 Å². The number of halogens is 2. The third-order valence-electron chi connectivity index (χ3n) is 10.0. The fourth-order valence-electron chi connectivity index (χ4n) is 7.53. The number of fused-ring (bicyclic) bond motifs is 4. The van der Waals surface area contributed by atoms with E-state index < -0.39 is 12.0 Å². The summed E-state index contributed by atoms with van der Waals surface area (Å²) in [5.74, 6) is 2.79. The summed E-state index contributed by atoms with van der Waals surface area (Å²) in [5.41, 5.74) is 2.65. The second-order valence-corrected chi connectivity index (χ2v) is 14.1. The van der Waals surface area contributed by atoms with Crippen LogP contribution in [0.2, 0.25) is 0 Å². The molecule has 3 saturated heterocycles. The van der Waals surface area contributed by atoms with E-state index in [1.807, 2.05) is 12.3 Å². The average Bonchev–Trinajstić information content (AvgIpc) is 3.57. The van der Waals surface area contributed by atoms with Gasteiger partial charge in [0.05, 0.1) is 17.7 Å². The van der Waals surface area contributed by atoms with Gasteiger partial charge in [0, 0.05) is 61.2 Å². The summed E-state index contributed by atoms with van der Waals surface area (Å²) in [6.45, 7) is 4.17. The summed E-state index contributed by atoms with van der Waals surface area (Å²) in [7, 11) is 0. The predicted molar refractivity (Wildman–Crippen MR) is 177 cm³/mol. The number of nitrogens with one attached hydrogen (secondary N) is 1. The maximum absolute atomic E-state index is 15.0. The van der Waals surface area contributed by atoms with Crippen molar-refractivity contribution in [1.82, 2.24) is 25.2 Å². The number of hydrogen-bond donors (Lipinski definition) is 2. The van der Waals surface area contributed by atoms with Crippen LogP contribution in [0.15, 0.2) is 35.4 Å². The van der Waals surface area contributed by atoms with Gasteiger partial charge >= 0.3 is 6.01 Å². The molecule has 238 valence electrons. The van der Waals surface area contributed by atoms with Gasteiger partial charge in [0.1, 0.15) is 28.3 Å². The molecule has 1 aliphatic carbocycles. The molecule has 3 aliphatic heterocycles. The zero-order chi connectivity index (χ0) is 31.6. The molecule has 0 spiro atoms. The van der Waals surface area contributed by atoms with Crippen molar-refractivity contribution < 1.29 is 18.6 Å². The normalized spacial score (nSPS) is 23.7. The third-order valence-corrected chi connectivity index (χ3v) is 10.7. The zero-order valence-corrected chi connectivity index (χ0v) is 26.5. The second-order valence-electron chi connectivity index (χ2n) is 13.4. The average molecular weight is 643 g/mol. The van der Waals surface area contributed by atoms with Crippen LogP contribution in [-0.2, 0) is 0 Å². The van der Waals surface area contributed by atoms with E-state index in [4.69, 9.17) is 26.1 Å². The number of anilines is 1. The molecule has 0 amide bonds. The number of phenols is 1. The number of thioether (sulfide) groups is 1. The molecule has 8 rings (SSSR count). The standard InChI is InChI=1S/C35H36F2N6O2S/c1-3-25-28(37)7-4-20-12-24(44)13-26(30(20)25)27-14-29-31(40-33(27)46-2)32(43-16-22-5-6-23(17-43)38-22)41-34(39-29)45-19-35(9-10-35)18-42-11-8-21(36)15-42/h1,4,7,12-14,21-23,38,44H,5-6,8-11,15-19H2,2H3/t21-,22?,23?/m1/s1. The molecular formula is C35H36F2N6O2S. The Hall–Kier alpha value is -3.72. The van der Waals surface area contributed by atoms with Crippen LogP contribution >= 0.6 is 11.8 Å². The largest absolute Gasteiger partial charge is 0.508 e. The van der Waals surface area contributed by atoms with Gasteiger partial charge in [-0.1, -0.05) is 12.0 Å². The van der Waals surface area contributed by atoms with Crippen LogP contribution in [0.1, 0.15) is 37.7 Å². The minimum absolute atomic E-state index is 0.0149. The Balaban J connectivity index is 1.24. The number of pyridine rings is 1. The van der Waals surface area contributed by atoms with Crippen molar-refractivity contribution in [2.45, 2.75) is 55.4 Å². The molecule has 4 aliphatic rings. The summed E-state index contributed by atoms with van der Waals surface area (Å²) >= 11 is 1.46. The number of nitrogens with zero attached hydrogens (tertiary/aromatic N) is 5. The fourth-order valence-corrected chi connectivity index (χ4v) is 8.11. The van der Waals surface area contributed by atoms with Crippen molar-refractivity contribution in [3.8, 4) is 35.2 Å². The molecule has 4 fully saturated rings. The quantitative estimate of drug-likeness (QED) is 0.190. The zero-order valence-electron chi connectivity index (χ0n) is 25.7. The number of hydrogen-bond acceptors (Lipinski definition) is 9. The Morgan fingerprint density at radius 3 is 2.59 bits per heavy atom. The highest BCUT2D eigenvalue weighted by atomic mass is 32.2. The highest BCUT2D eigenvalue weighted by Crippen LogP contribution is 2.47. The van der Waals surface area contributed by atoms with Crippen LogP contribution in [0.25, 0.3) is 32.9 Å². The third kappa shape index (κ3) is 5.40. The lowest BCUT2D eigenvalue weighted by molar-refractivity contribution is 0.165. The number of aromatic nitrogens is 3. The molecule has 2 aromatic carbocycles. The van der Waals surface area contributed by atoms with Gasteiger partial charge in [0.25, 0.3) is 0 Å². The smallest absolute Gasteiger partial charge is 0.319 e. The van der Waals surface area contributed by atoms with Crippen molar-refractivity contribution in [2.24, 2.45) is 5.41 Å². The lowest BCUT2D eigenvalue weighted by Crippen LogP contribution is -2.51. The van der Waals surface area contributed by atoms with Gasteiger partial charge in [-0.2, -0.15) is 9.97 Å². The molecule has 8 nitrogen and oxygen atoms in total. The molecule has 2 N–H and O–H groups in total. The van der Waals surface area contributed by atoms with Gasteiger partial charge < -0.3 is 20.1 Å². The summed E-state index contributed by atoms with van der Waals surface area (Å²) in [6.07, 6.45) is 11.9. The molecule has 2 unspecified atom stereocenters. The first kappa shape index (κ1) is 29.7. The monoisotopic (exact) mass is 642 g/mol. The maximum atomic E-state index is 15.0. The lowest BCUT2D eigenvalue weighted by atomic mass is 9.94. The number of piperazine rings is 1. The minimum atomic E-state index is -0.748. The van der Waals surface area contributed by atoms with Gasteiger partial charge in [-0.25, -0.2) is 13.8 Å². The van der Waals surface area contributed by atoms with Gasteiger partial charge in [0.15, 0.2) is 5.82 Å². The van der Waals surface area contributed by atoms with Gasteiger partial charge in [-0.3, -0.25) is 4.90 Å². The van der Waals surface area contributed by atoms with E-state index in [1.54, 1.807) is 18.2 Å². The maximum Gasteiger partial charge on any atom is 0.319 e. The topological polar surface area (TPSA) is 86.6 Å². The van der Waals surface area contributed by atoms with E-state index in [0.29, 0.717) is 69.6 Å². The van der Waals surface area contributed by atoms with Crippen LogP contribution in [0.3, 0.4) is 0 Å². The van der Waals surface area contributed by atoms with E-state index in [1.165, 1.54) is 17.8 Å². The highest BCUT2D eigenvalue weighted by Gasteiger charge is 2.46. The van der Waals surface area contributed by atoms with Gasteiger partial charge in [-0.15, -0.1) is 18.2 Å². The predicted octanol–water partition coefficient (Wildman–Crippen LogP) is 5.54. The molecule has 4 aromatic rings. The Labute approximate surface area is 270 Å². The molecule has 11 heteroatoms. The first-order valence-electron chi connectivity index (χ1n) is 16.0. The first-order chi connectivity index (χ1) is 22.3. The molecule has 2 bridgehead atoms. The molecule has 5 heterocycles. The molecule has 3 atom stereocenters. The summed E-state index contributed by atoms with van der Waals surface area (Å²) in [5, 5.41) is 16.3. The molecule has 1 saturated carbocycles. The number of rotatable bonds is 8. The van der Waals surface area contributed by atoms with Gasteiger partial charge in [-0.05, 0) is 73.6 Å². The first-order valence-corrected chi connectivity index (χ1v) is 17.2. The number of phenolic OH excluding ortho intramolecular Hbond substituents is 1. The van der Waals surface area contributed by atoms with Crippen molar-refractivity contribution >= 4 is 39.4 Å². The molecular weight excluding hydrogens is 606 g/mol. The number of benzene rings is 2. The number of alkyl halides is 1. The highest BCUT2D eigenvalue weighted by molar-refractivity contribution is 7.98. The lowest BCUT2D eigenvalue weighted by Gasteiger charge is -2.34. The van der Waals surface area contributed by atoms with E-state index in [0.717, 1.165) is 57.7 Å². The SMILES string of the molecule is C#Cc1c(F)ccc2cc(O)cc(-c3cc4nc(OCC5(CN6CC[C@@H](F)C6)CC5)nc(N5CC6CCC(C5)N6)c4nc3SC)c12. The Kier molecular flexibility index (Phi) is 7.42. The van der Waals surface area contributed by atoms with Crippen LogP contribution in [0.5, 0.6) is 11.8 Å². The summed E-state index contributed by atoms with van der Waals surface area (Å²) in [6, 6.07) is 9.12. The summed E-state index contributed by atoms with van der Waals surface area (Å²) < 4.78 is 35.2. The molecule has 0 radical (unpaired) electrons. The van der Waals surface area contributed by atoms with E-state index in [9.17, 15) is 13.9 Å². The van der Waals surface area contributed by atoms with E-state index >= 15 is 0 Å². The number of ether oxygens (including phenoxy) is 1. The van der Waals surface area contributed by atoms with E-state index in [2.05, 4.69) is 21.0 Å². The fraction of sp³-hybridized carbons (Fsp3) is 0.457. The number of likely N-dealkylation sites (tertiary alicyclic amines) is 1. The van der Waals surface area contributed by atoms with Crippen molar-refractivity contribution in [3.05, 3.63) is 41.7 Å². The minimum Gasteiger partial charge on any atom is -0.508 e. The van der Waals surface area contributed by atoms with Crippen LogP contribution in [0, 0.1) is 23.6 Å².